The number of hydrogen-bond acceptors (Lipinski definition) is 4. The van der Waals surface area contributed by atoms with Gasteiger partial charge in [0.05, 0.1) is 18.1 Å². The van der Waals surface area contributed by atoms with E-state index in [0.29, 0.717) is 11.4 Å². The molecule has 1 amide bonds. The van der Waals surface area contributed by atoms with E-state index >= 15 is 0 Å². The zero-order valence-electron chi connectivity index (χ0n) is 12.8. The molecule has 5 nitrogen and oxygen atoms in total. The molecule has 1 N–H and O–H groups in total. The van der Waals surface area contributed by atoms with Gasteiger partial charge in [0.1, 0.15) is 0 Å². The second-order valence-corrected chi connectivity index (χ2v) is 8.38. The minimum atomic E-state index is -2.98. The van der Waals surface area contributed by atoms with Crippen LogP contribution in [0.1, 0.15) is 24.9 Å². The van der Waals surface area contributed by atoms with E-state index in [-0.39, 0.29) is 36.0 Å². The van der Waals surface area contributed by atoms with Crippen molar-refractivity contribution in [3.05, 3.63) is 34.9 Å². The molecule has 0 spiro atoms. The Balaban J connectivity index is 1.85. The van der Waals surface area contributed by atoms with E-state index in [9.17, 15) is 13.2 Å². The van der Waals surface area contributed by atoms with Gasteiger partial charge in [-0.25, -0.2) is 8.42 Å². The Morgan fingerprint density at radius 2 is 2.05 bits per heavy atom. The Morgan fingerprint density at radius 1 is 1.41 bits per heavy atom. The predicted molar refractivity (Wildman–Crippen MR) is 87.7 cm³/mol. The summed E-state index contributed by atoms with van der Waals surface area (Å²) in [5, 5.41) is 3.83. The maximum absolute atomic E-state index is 12.2. The second-order valence-electron chi connectivity index (χ2n) is 5.72. The fourth-order valence-electron chi connectivity index (χ4n) is 2.52. The highest BCUT2D eigenvalue weighted by Gasteiger charge is 2.32. The molecule has 1 saturated heterocycles. The van der Waals surface area contributed by atoms with Crippen LogP contribution in [0.3, 0.4) is 0 Å². The average molecular weight is 345 g/mol. The smallest absolute Gasteiger partial charge is 0.236 e. The van der Waals surface area contributed by atoms with Crippen molar-refractivity contribution in [3.8, 4) is 0 Å². The molecule has 1 aliphatic rings. The summed E-state index contributed by atoms with van der Waals surface area (Å²) in [4.78, 5) is 13.7. The standard InChI is InChI=1S/C15H21ClN2O3S/c1-11(12-3-5-13(16)6-4-12)17-9-15(19)18(2)14-7-8-22(20,21)10-14/h3-6,11,14,17H,7-10H2,1-2H3/t11-,14+/m1/s1. The first-order chi connectivity index (χ1) is 10.3. The third-order valence-electron chi connectivity index (χ3n) is 4.08. The van der Waals surface area contributed by atoms with Crippen molar-refractivity contribution in [1.29, 1.82) is 0 Å². The summed E-state index contributed by atoms with van der Waals surface area (Å²) in [6.07, 6.45) is 0.525. The summed E-state index contributed by atoms with van der Waals surface area (Å²) in [5.41, 5.74) is 1.04. The molecule has 2 atom stereocenters. The van der Waals surface area contributed by atoms with Gasteiger partial charge in [0, 0.05) is 24.2 Å². The molecular weight excluding hydrogens is 324 g/mol. The third-order valence-corrected chi connectivity index (χ3v) is 6.08. The first-order valence-corrected chi connectivity index (χ1v) is 9.43. The Morgan fingerprint density at radius 3 is 2.59 bits per heavy atom. The Hall–Kier alpha value is -1.11. The van der Waals surface area contributed by atoms with E-state index in [1.54, 1.807) is 11.9 Å². The van der Waals surface area contributed by atoms with E-state index in [0.717, 1.165) is 5.56 Å². The second kappa shape index (κ2) is 6.98. The summed E-state index contributed by atoms with van der Waals surface area (Å²) in [5.74, 6) is 0.147. The molecule has 1 aliphatic heterocycles. The molecule has 0 radical (unpaired) electrons. The number of benzene rings is 1. The fraction of sp³-hybridized carbons (Fsp3) is 0.533. The normalized spacial score (nSPS) is 21.5. The number of hydrogen-bond donors (Lipinski definition) is 1. The molecule has 1 aromatic carbocycles. The number of nitrogens with one attached hydrogen (secondary N) is 1. The quantitative estimate of drug-likeness (QED) is 0.881. The Labute approximate surface area is 136 Å². The van der Waals surface area contributed by atoms with Crippen molar-refractivity contribution >= 4 is 27.3 Å². The van der Waals surface area contributed by atoms with E-state index in [2.05, 4.69) is 5.32 Å². The number of rotatable bonds is 5. The van der Waals surface area contributed by atoms with Crippen molar-refractivity contribution in [1.82, 2.24) is 10.2 Å². The molecule has 1 fully saturated rings. The molecule has 0 bridgehead atoms. The molecule has 0 saturated carbocycles. The van der Waals surface area contributed by atoms with Crippen LogP contribution in [0.4, 0.5) is 0 Å². The lowest BCUT2D eigenvalue weighted by atomic mass is 10.1. The monoisotopic (exact) mass is 344 g/mol. The minimum absolute atomic E-state index is 0.0157. The van der Waals surface area contributed by atoms with Gasteiger partial charge in [-0.3, -0.25) is 4.79 Å². The molecule has 2 rings (SSSR count). The van der Waals surface area contributed by atoms with Crippen molar-refractivity contribution in [3.63, 3.8) is 0 Å². The largest absolute Gasteiger partial charge is 0.341 e. The van der Waals surface area contributed by atoms with Crippen LogP contribution < -0.4 is 5.32 Å². The van der Waals surface area contributed by atoms with Crippen LogP contribution in [0.25, 0.3) is 0 Å². The molecule has 1 heterocycles. The summed E-state index contributed by atoms with van der Waals surface area (Å²) in [7, 11) is -1.31. The van der Waals surface area contributed by atoms with Crippen LogP contribution >= 0.6 is 11.6 Å². The highest BCUT2D eigenvalue weighted by molar-refractivity contribution is 7.91. The summed E-state index contributed by atoms with van der Waals surface area (Å²) >= 11 is 5.85. The van der Waals surface area contributed by atoms with E-state index in [1.807, 2.05) is 31.2 Å². The van der Waals surface area contributed by atoms with Crippen molar-refractivity contribution in [2.75, 3.05) is 25.1 Å². The number of nitrogens with zero attached hydrogens (tertiary/aromatic N) is 1. The van der Waals surface area contributed by atoms with Crippen molar-refractivity contribution < 1.29 is 13.2 Å². The van der Waals surface area contributed by atoms with Gasteiger partial charge in [-0.05, 0) is 31.0 Å². The van der Waals surface area contributed by atoms with Crippen LogP contribution in [-0.4, -0.2) is 50.4 Å². The molecular formula is C15H21ClN2O3S. The zero-order chi connectivity index (χ0) is 16.3. The number of likely N-dealkylation sites (N-methyl/N-ethyl adjacent to an activating group) is 1. The lowest BCUT2D eigenvalue weighted by Gasteiger charge is -2.24. The Bertz CT molecular complexity index is 631. The average Bonchev–Trinajstić information content (AvgIpc) is 2.84. The van der Waals surface area contributed by atoms with Gasteiger partial charge in [0.15, 0.2) is 9.84 Å². The van der Waals surface area contributed by atoms with Crippen LogP contribution in [0.5, 0.6) is 0 Å². The van der Waals surface area contributed by atoms with E-state index in [4.69, 9.17) is 11.6 Å². The van der Waals surface area contributed by atoms with Crippen LogP contribution in [-0.2, 0) is 14.6 Å². The first kappa shape index (κ1) is 17.2. The molecule has 122 valence electrons. The van der Waals surface area contributed by atoms with Crippen LogP contribution in [0, 0.1) is 0 Å². The number of sulfone groups is 1. The minimum Gasteiger partial charge on any atom is -0.341 e. The number of carbonyl (C=O) groups is 1. The molecule has 7 heteroatoms. The van der Waals surface area contributed by atoms with Crippen molar-refractivity contribution in [2.45, 2.75) is 25.4 Å². The van der Waals surface area contributed by atoms with E-state index < -0.39 is 9.84 Å². The lowest BCUT2D eigenvalue weighted by molar-refractivity contribution is -0.130. The summed E-state index contributed by atoms with van der Waals surface area (Å²) < 4.78 is 23.0. The summed E-state index contributed by atoms with van der Waals surface area (Å²) in [6.45, 7) is 2.15. The zero-order valence-corrected chi connectivity index (χ0v) is 14.3. The SMILES string of the molecule is C[C@@H](NCC(=O)N(C)[C@H]1CCS(=O)(=O)C1)c1ccc(Cl)cc1. The van der Waals surface area contributed by atoms with Crippen LogP contribution in [0.2, 0.25) is 5.02 Å². The van der Waals surface area contributed by atoms with Gasteiger partial charge in [-0.1, -0.05) is 23.7 Å². The third kappa shape index (κ3) is 4.44. The highest BCUT2D eigenvalue weighted by atomic mass is 35.5. The van der Waals surface area contributed by atoms with Crippen LogP contribution in [0.15, 0.2) is 24.3 Å². The molecule has 0 aliphatic carbocycles. The van der Waals surface area contributed by atoms with Crippen molar-refractivity contribution in [2.24, 2.45) is 0 Å². The maximum atomic E-state index is 12.2. The van der Waals surface area contributed by atoms with Gasteiger partial charge in [0.2, 0.25) is 5.91 Å². The van der Waals surface area contributed by atoms with Gasteiger partial charge in [0.25, 0.3) is 0 Å². The van der Waals surface area contributed by atoms with Gasteiger partial charge >= 0.3 is 0 Å². The van der Waals surface area contributed by atoms with Gasteiger partial charge in [-0.2, -0.15) is 0 Å². The molecule has 0 unspecified atom stereocenters. The highest BCUT2D eigenvalue weighted by Crippen LogP contribution is 2.18. The first-order valence-electron chi connectivity index (χ1n) is 7.23. The molecule has 0 aromatic heterocycles. The van der Waals surface area contributed by atoms with Gasteiger partial charge in [-0.15, -0.1) is 0 Å². The Kier molecular flexibility index (Phi) is 5.47. The predicted octanol–water partition coefficient (Wildman–Crippen LogP) is 1.64. The number of amides is 1. The maximum Gasteiger partial charge on any atom is 0.236 e. The molecule has 1 aromatic rings. The molecule has 22 heavy (non-hydrogen) atoms. The summed E-state index contributed by atoms with van der Waals surface area (Å²) in [6, 6.07) is 7.26. The fourth-order valence-corrected chi connectivity index (χ4v) is 4.42. The topological polar surface area (TPSA) is 66.5 Å². The van der Waals surface area contributed by atoms with E-state index in [1.165, 1.54) is 0 Å². The number of carbonyl (C=O) groups excluding carboxylic acids is 1. The van der Waals surface area contributed by atoms with Gasteiger partial charge < -0.3 is 10.2 Å². The number of halogens is 1. The lowest BCUT2D eigenvalue weighted by Crippen LogP contribution is -2.43.